The number of benzene rings is 1. The van der Waals surface area contributed by atoms with Crippen molar-refractivity contribution >= 4 is 35.5 Å². The molecule has 0 fully saturated rings. The number of nitrogens with one attached hydrogen (secondary N) is 2. The molecule has 33 heavy (non-hydrogen) atoms. The number of allylic oxidation sites excluding steroid dienone is 1. The second kappa shape index (κ2) is 9.70. The number of aliphatic imine (C=N–C) groups is 1. The number of hydrogen-bond donors (Lipinski definition) is 2. The Kier molecular flexibility index (Phi) is 6.73. The molecular weight excluding hydrogens is 448 g/mol. The van der Waals surface area contributed by atoms with Gasteiger partial charge in [-0.2, -0.15) is 0 Å². The molecule has 0 radical (unpaired) electrons. The number of aromatic nitrogens is 2. The van der Waals surface area contributed by atoms with Crippen LogP contribution in [0.4, 0.5) is 0 Å². The number of amides is 1. The van der Waals surface area contributed by atoms with Gasteiger partial charge in [-0.3, -0.25) is 9.59 Å². The summed E-state index contributed by atoms with van der Waals surface area (Å²) in [4.78, 5) is 45.5. The maximum atomic E-state index is 13.1. The van der Waals surface area contributed by atoms with Crippen LogP contribution in [0.5, 0.6) is 0 Å². The van der Waals surface area contributed by atoms with Gasteiger partial charge in [0.15, 0.2) is 6.23 Å². The highest BCUT2D eigenvalue weighted by molar-refractivity contribution is 6.30. The molecule has 1 aromatic carbocycles. The Morgan fingerprint density at radius 1 is 1.30 bits per heavy atom. The number of hydrogen-bond acceptors (Lipinski definition) is 6. The summed E-state index contributed by atoms with van der Waals surface area (Å²) in [7, 11) is 2.99. The molecule has 0 spiro atoms. The third-order valence-corrected chi connectivity index (χ3v) is 5.76. The summed E-state index contributed by atoms with van der Waals surface area (Å²) < 4.78 is 11.5. The average molecular weight is 471 g/mol. The summed E-state index contributed by atoms with van der Waals surface area (Å²) in [6.45, 7) is 0.323. The Balaban J connectivity index is 1.60. The monoisotopic (exact) mass is 470 g/mol. The molecule has 2 aromatic rings. The standard InChI is InChI=1S/C23H23ClN4O5/c1-32-18-8-9-19(27-21(18)33-2)28-22(30)16-7-6-14(11-17(16)26-23(28)31)20(29)25-12-13-4-3-5-15(24)10-13/h3-5,7-11,14,18,21H,6,12H2,1-2H3,(H,25,29)(H,26,31). The number of aromatic amines is 1. The first-order valence-corrected chi connectivity index (χ1v) is 10.7. The number of rotatable bonds is 5. The number of fused-ring (bicyclic) bond motifs is 1. The summed E-state index contributed by atoms with van der Waals surface area (Å²) in [5.74, 6) is -0.580. The molecule has 2 aliphatic rings. The van der Waals surface area contributed by atoms with E-state index in [1.807, 2.05) is 12.1 Å². The Labute approximate surface area is 193 Å². The Bertz CT molecular complexity index is 1370. The van der Waals surface area contributed by atoms with Crippen LogP contribution in [-0.4, -0.2) is 47.8 Å². The smallest absolute Gasteiger partial charge is 0.334 e. The molecule has 0 saturated carbocycles. The van der Waals surface area contributed by atoms with Crippen molar-refractivity contribution in [2.24, 2.45) is 10.9 Å². The van der Waals surface area contributed by atoms with E-state index in [-0.39, 0.29) is 11.7 Å². The van der Waals surface area contributed by atoms with E-state index in [0.717, 1.165) is 10.1 Å². The quantitative estimate of drug-likeness (QED) is 0.633. The fraction of sp³-hybridized carbons (Fsp3) is 0.304. The molecule has 1 amide bonds. The maximum absolute atomic E-state index is 13.1. The summed E-state index contributed by atoms with van der Waals surface area (Å²) in [5, 5.41) is 4.08. The average Bonchev–Trinajstić information content (AvgIpc) is 2.82. The van der Waals surface area contributed by atoms with Crippen molar-refractivity contribution in [3.63, 3.8) is 0 Å². The second-order valence-corrected chi connectivity index (χ2v) is 8.07. The van der Waals surface area contributed by atoms with Gasteiger partial charge in [-0.25, -0.2) is 14.4 Å². The lowest BCUT2D eigenvalue weighted by Crippen LogP contribution is -2.57. The van der Waals surface area contributed by atoms with Crippen LogP contribution in [-0.2, 0) is 20.8 Å². The number of ether oxygens (including phenoxy) is 2. The lowest BCUT2D eigenvalue weighted by Gasteiger charge is -2.23. The summed E-state index contributed by atoms with van der Waals surface area (Å²) in [6.07, 6.45) is 5.71. The molecular formula is C23H23ClN4O5. The SMILES string of the molecule is COC1C=CC(n2c(=O)[nH]c3c(c2=O)=CCC(C(=O)NCc2cccc(Cl)c2)C=3)=NC1OC. The Morgan fingerprint density at radius 3 is 2.85 bits per heavy atom. The van der Waals surface area contributed by atoms with E-state index in [9.17, 15) is 14.4 Å². The zero-order valence-corrected chi connectivity index (χ0v) is 18.8. The molecule has 3 unspecified atom stereocenters. The van der Waals surface area contributed by atoms with Gasteiger partial charge in [0.05, 0.1) is 16.5 Å². The maximum Gasteiger partial charge on any atom is 0.334 e. The predicted octanol–water partition coefficient (Wildman–Crippen LogP) is -0.109. The highest BCUT2D eigenvalue weighted by atomic mass is 35.5. The Hall–Kier alpha value is -3.27. The van der Waals surface area contributed by atoms with Gasteiger partial charge in [0.1, 0.15) is 11.9 Å². The van der Waals surface area contributed by atoms with E-state index in [1.165, 1.54) is 14.2 Å². The number of carbonyl (C=O) groups excluding carboxylic acids is 1. The second-order valence-electron chi connectivity index (χ2n) is 7.63. The van der Waals surface area contributed by atoms with Crippen LogP contribution in [0.2, 0.25) is 5.02 Å². The number of halogens is 1. The van der Waals surface area contributed by atoms with Gasteiger partial charge in [0.2, 0.25) is 5.91 Å². The minimum atomic E-state index is -0.680. The zero-order valence-electron chi connectivity index (χ0n) is 18.1. The van der Waals surface area contributed by atoms with Gasteiger partial charge in [-0.15, -0.1) is 0 Å². The molecule has 4 rings (SSSR count). The topological polar surface area (TPSA) is 115 Å². The first-order chi connectivity index (χ1) is 15.9. The lowest BCUT2D eigenvalue weighted by atomic mass is 9.99. The van der Waals surface area contributed by atoms with E-state index in [1.54, 1.807) is 36.4 Å². The number of H-pyrrole nitrogens is 1. The molecule has 2 N–H and O–H groups in total. The first-order valence-electron chi connectivity index (χ1n) is 10.3. The van der Waals surface area contributed by atoms with Crippen LogP contribution in [0.25, 0.3) is 12.2 Å². The number of nitrogens with zero attached hydrogens (tertiary/aromatic N) is 2. The van der Waals surface area contributed by atoms with E-state index in [2.05, 4.69) is 15.3 Å². The Morgan fingerprint density at radius 2 is 2.12 bits per heavy atom. The predicted molar refractivity (Wildman–Crippen MR) is 124 cm³/mol. The van der Waals surface area contributed by atoms with Gasteiger partial charge >= 0.3 is 5.69 Å². The molecule has 10 heteroatoms. The van der Waals surface area contributed by atoms with Crippen molar-refractivity contribution in [1.82, 2.24) is 14.9 Å². The van der Waals surface area contributed by atoms with Gasteiger partial charge in [-0.1, -0.05) is 29.8 Å². The van der Waals surface area contributed by atoms with E-state index < -0.39 is 29.5 Å². The molecule has 2 heterocycles. The van der Waals surface area contributed by atoms with Crippen LogP contribution in [0, 0.1) is 5.92 Å². The fourth-order valence-corrected chi connectivity index (χ4v) is 4.02. The number of methoxy groups -OCH3 is 2. The van der Waals surface area contributed by atoms with Crippen molar-refractivity contribution in [2.45, 2.75) is 25.3 Å². The van der Waals surface area contributed by atoms with Crippen LogP contribution >= 0.6 is 11.6 Å². The fourth-order valence-electron chi connectivity index (χ4n) is 3.80. The third kappa shape index (κ3) is 4.75. The van der Waals surface area contributed by atoms with Crippen molar-refractivity contribution in [3.05, 3.63) is 78.4 Å². The summed E-state index contributed by atoms with van der Waals surface area (Å²) >= 11 is 5.98. The molecule has 0 bridgehead atoms. The lowest BCUT2D eigenvalue weighted by molar-refractivity contribution is -0.123. The molecule has 3 atom stereocenters. The summed E-state index contributed by atoms with van der Waals surface area (Å²) in [6, 6.07) is 7.21. The molecule has 0 saturated heterocycles. The molecule has 172 valence electrons. The normalized spacial score (nSPS) is 21.4. The van der Waals surface area contributed by atoms with Crippen molar-refractivity contribution in [2.75, 3.05) is 14.2 Å². The first kappa shape index (κ1) is 22.9. The van der Waals surface area contributed by atoms with E-state index in [4.69, 9.17) is 21.1 Å². The van der Waals surface area contributed by atoms with Gasteiger partial charge in [-0.05, 0) is 42.3 Å². The van der Waals surface area contributed by atoms with Crippen LogP contribution in [0.1, 0.15) is 12.0 Å². The number of dihydropyridines is 1. The van der Waals surface area contributed by atoms with E-state index in [0.29, 0.717) is 28.6 Å². The van der Waals surface area contributed by atoms with Crippen LogP contribution in [0.15, 0.2) is 51.0 Å². The van der Waals surface area contributed by atoms with Crippen LogP contribution < -0.4 is 27.1 Å². The van der Waals surface area contributed by atoms with Crippen LogP contribution in [0.3, 0.4) is 0 Å². The van der Waals surface area contributed by atoms with Crippen molar-refractivity contribution in [3.8, 4) is 0 Å². The van der Waals surface area contributed by atoms with Crippen molar-refractivity contribution in [1.29, 1.82) is 0 Å². The molecule has 1 aliphatic carbocycles. The molecule has 9 nitrogen and oxygen atoms in total. The zero-order chi connectivity index (χ0) is 23.5. The molecule has 1 aliphatic heterocycles. The largest absolute Gasteiger partial charge is 0.373 e. The van der Waals surface area contributed by atoms with Gasteiger partial charge in [0, 0.05) is 25.8 Å². The van der Waals surface area contributed by atoms with Crippen molar-refractivity contribution < 1.29 is 14.3 Å². The molecule has 1 aromatic heterocycles. The minimum Gasteiger partial charge on any atom is -0.373 e. The van der Waals surface area contributed by atoms with Gasteiger partial charge in [0.25, 0.3) is 5.56 Å². The number of carbonyl (C=O) groups is 1. The highest BCUT2D eigenvalue weighted by Gasteiger charge is 2.24. The highest BCUT2D eigenvalue weighted by Crippen LogP contribution is 2.13. The van der Waals surface area contributed by atoms with E-state index >= 15 is 0 Å². The van der Waals surface area contributed by atoms with Gasteiger partial charge < -0.3 is 19.8 Å². The minimum absolute atomic E-state index is 0.152. The summed E-state index contributed by atoms with van der Waals surface area (Å²) in [5.41, 5.74) is -0.298. The third-order valence-electron chi connectivity index (χ3n) is 5.52.